The van der Waals surface area contributed by atoms with Crippen LogP contribution in [0.25, 0.3) is 10.9 Å². The molecular formula is C28H35ClN4O2. The van der Waals surface area contributed by atoms with Gasteiger partial charge in [0, 0.05) is 36.8 Å². The summed E-state index contributed by atoms with van der Waals surface area (Å²) in [5, 5.41) is 3.69. The van der Waals surface area contributed by atoms with E-state index in [1.807, 2.05) is 22.8 Å². The Labute approximate surface area is 213 Å². The van der Waals surface area contributed by atoms with Crippen molar-refractivity contribution in [1.29, 1.82) is 0 Å². The van der Waals surface area contributed by atoms with Crippen LogP contribution in [-0.4, -0.2) is 33.4 Å². The van der Waals surface area contributed by atoms with Crippen molar-refractivity contribution in [2.24, 2.45) is 0 Å². The predicted molar refractivity (Wildman–Crippen MR) is 144 cm³/mol. The van der Waals surface area contributed by atoms with Crippen molar-refractivity contribution in [3.05, 3.63) is 69.8 Å². The van der Waals surface area contributed by atoms with Gasteiger partial charge in [-0.05, 0) is 62.6 Å². The zero-order valence-electron chi connectivity index (χ0n) is 20.5. The number of carbonyl (C=O) groups is 1. The van der Waals surface area contributed by atoms with Crippen LogP contribution in [0.5, 0.6) is 0 Å². The molecule has 0 bridgehead atoms. The van der Waals surface area contributed by atoms with E-state index in [4.69, 9.17) is 4.98 Å². The van der Waals surface area contributed by atoms with Crippen LogP contribution in [0.1, 0.15) is 73.1 Å². The van der Waals surface area contributed by atoms with Gasteiger partial charge in [0.05, 0.1) is 10.9 Å². The highest BCUT2D eigenvalue weighted by Gasteiger charge is 2.20. The summed E-state index contributed by atoms with van der Waals surface area (Å²) in [6, 6.07) is 13.9. The minimum Gasteiger partial charge on any atom is -0.322 e. The van der Waals surface area contributed by atoms with Gasteiger partial charge in [-0.1, -0.05) is 43.9 Å². The van der Waals surface area contributed by atoms with Crippen LogP contribution in [0.4, 0.5) is 5.69 Å². The lowest BCUT2D eigenvalue weighted by molar-refractivity contribution is 0.102. The highest BCUT2D eigenvalue weighted by atomic mass is 35.5. The van der Waals surface area contributed by atoms with Crippen molar-refractivity contribution in [3.63, 3.8) is 0 Å². The molecule has 5 rings (SSSR count). The molecule has 186 valence electrons. The summed E-state index contributed by atoms with van der Waals surface area (Å²) in [7, 11) is 2.19. The molecule has 0 saturated heterocycles. The molecule has 3 aromatic rings. The van der Waals surface area contributed by atoms with Crippen molar-refractivity contribution in [1.82, 2.24) is 14.5 Å². The summed E-state index contributed by atoms with van der Waals surface area (Å²) in [5.41, 5.74) is 3.09. The molecule has 1 N–H and O–H groups in total. The van der Waals surface area contributed by atoms with E-state index in [1.54, 1.807) is 18.2 Å². The standard InChI is InChI=1S/C28H34N4O2.ClH/c1-31(22-11-4-2-5-12-22)19-21-10-7-8-13-24(21)30-27(33)20-15-16-23-25(18-20)29-26-14-6-3-9-17-32(26)28(23)34;/h7-8,10,13,15-16,18,22H,2-6,9,11-12,14,17,19H2,1H3,(H,30,33);1H. The number of hydrogen-bond donors (Lipinski definition) is 1. The van der Waals surface area contributed by atoms with Crippen LogP contribution in [0.15, 0.2) is 47.3 Å². The first-order valence-corrected chi connectivity index (χ1v) is 12.7. The van der Waals surface area contributed by atoms with Crippen LogP contribution in [0, 0.1) is 0 Å². The number of halogens is 1. The summed E-state index contributed by atoms with van der Waals surface area (Å²) >= 11 is 0. The maximum atomic E-state index is 13.2. The number of anilines is 1. The number of aryl methyl sites for hydroxylation is 1. The molecule has 1 saturated carbocycles. The number of aromatic nitrogens is 2. The molecule has 1 aromatic heterocycles. The second kappa shape index (κ2) is 11.4. The van der Waals surface area contributed by atoms with Crippen molar-refractivity contribution in [2.75, 3.05) is 12.4 Å². The average Bonchev–Trinajstić information content (AvgIpc) is 3.11. The van der Waals surface area contributed by atoms with Gasteiger partial charge in [-0.15, -0.1) is 12.4 Å². The zero-order chi connectivity index (χ0) is 23.5. The second-order valence-corrected chi connectivity index (χ2v) is 9.85. The Hall–Kier alpha value is -2.70. The molecule has 2 aromatic carbocycles. The molecule has 2 heterocycles. The molecule has 1 amide bonds. The Kier molecular flexibility index (Phi) is 8.24. The van der Waals surface area contributed by atoms with Crippen molar-refractivity contribution < 1.29 is 4.79 Å². The number of nitrogens with one attached hydrogen (secondary N) is 1. The van der Waals surface area contributed by atoms with Crippen LogP contribution in [0.2, 0.25) is 0 Å². The number of rotatable bonds is 5. The molecule has 1 aliphatic heterocycles. The highest BCUT2D eigenvalue weighted by molar-refractivity contribution is 6.06. The predicted octanol–water partition coefficient (Wildman–Crippen LogP) is 5.56. The van der Waals surface area contributed by atoms with E-state index >= 15 is 0 Å². The van der Waals surface area contributed by atoms with Gasteiger partial charge in [-0.25, -0.2) is 4.98 Å². The zero-order valence-corrected chi connectivity index (χ0v) is 21.3. The fourth-order valence-electron chi connectivity index (χ4n) is 5.45. The highest BCUT2D eigenvalue weighted by Crippen LogP contribution is 2.25. The molecule has 0 unspecified atom stereocenters. The summed E-state index contributed by atoms with van der Waals surface area (Å²) in [4.78, 5) is 33.4. The molecule has 7 heteroatoms. The minimum absolute atomic E-state index is 0. The van der Waals surface area contributed by atoms with Crippen LogP contribution in [-0.2, 0) is 19.5 Å². The molecule has 1 aliphatic carbocycles. The van der Waals surface area contributed by atoms with Crippen molar-refractivity contribution >= 4 is 34.9 Å². The Bertz CT molecular complexity index is 1250. The third-order valence-corrected chi connectivity index (χ3v) is 7.46. The Morgan fingerprint density at radius 3 is 2.66 bits per heavy atom. The number of benzene rings is 2. The van der Waals surface area contributed by atoms with Gasteiger partial charge in [-0.3, -0.25) is 19.1 Å². The number of amides is 1. The van der Waals surface area contributed by atoms with Crippen LogP contribution < -0.4 is 10.9 Å². The van der Waals surface area contributed by atoms with Gasteiger partial charge >= 0.3 is 0 Å². The summed E-state index contributed by atoms with van der Waals surface area (Å²) < 4.78 is 1.81. The largest absolute Gasteiger partial charge is 0.322 e. The van der Waals surface area contributed by atoms with Gasteiger partial charge in [0.2, 0.25) is 0 Å². The van der Waals surface area contributed by atoms with Gasteiger partial charge < -0.3 is 5.32 Å². The van der Waals surface area contributed by atoms with E-state index in [9.17, 15) is 9.59 Å². The van der Waals surface area contributed by atoms with E-state index in [0.29, 0.717) is 22.5 Å². The van der Waals surface area contributed by atoms with Crippen molar-refractivity contribution in [2.45, 2.75) is 76.9 Å². The Morgan fingerprint density at radius 1 is 1.06 bits per heavy atom. The first kappa shape index (κ1) is 25.4. The smallest absolute Gasteiger partial charge is 0.261 e. The number of nitrogens with zero attached hydrogens (tertiary/aromatic N) is 3. The maximum Gasteiger partial charge on any atom is 0.261 e. The molecule has 0 radical (unpaired) electrons. The molecule has 1 fully saturated rings. The van der Waals surface area contributed by atoms with Gasteiger partial charge in [0.25, 0.3) is 11.5 Å². The average molecular weight is 495 g/mol. The second-order valence-electron chi connectivity index (χ2n) is 9.85. The topological polar surface area (TPSA) is 67.2 Å². The number of carbonyl (C=O) groups excluding carboxylic acids is 1. The molecule has 6 nitrogen and oxygen atoms in total. The summed E-state index contributed by atoms with van der Waals surface area (Å²) in [6.07, 6.45) is 10.4. The van der Waals surface area contributed by atoms with E-state index in [-0.39, 0.29) is 23.9 Å². The summed E-state index contributed by atoms with van der Waals surface area (Å²) in [6.45, 7) is 1.54. The van der Waals surface area contributed by atoms with Gasteiger partial charge in [-0.2, -0.15) is 0 Å². The van der Waals surface area contributed by atoms with E-state index in [2.05, 4.69) is 23.3 Å². The first-order valence-electron chi connectivity index (χ1n) is 12.7. The first-order chi connectivity index (χ1) is 16.6. The molecule has 0 spiro atoms. The van der Waals surface area contributed by atoms with Gasteiger partial charge in [0.1, 0.15) is 5.82 Å². The fraction of sp³-hybridized carbons (Fsp3) is 0.464. The number of para-hydroxylation sites is 1. The third kappa shape index (κ3) is 5.60. The minimum atomic E-state index is -0.175. The number of hydrogen-bond acceptors (Lipinski definition) is 4. The summed E-state index contributed by atoms with van der Waals surface area (Å²) in [5.74, 6) is 0.662. The number of fused-ring (bicyclic) bond motifs is 2. The third-order valence-electron chi connectivity index (χ3n) is 7.46. The molecule has 35 heavy (non-hydrogen) atoms. The van der Waals surface area contributed by atoms with Crippen LogP contribution in [0.3, 0.4) is 0 Å². The molecule has 2 aliphatic rings. The van der Waals surface area contributed by atoms with E-state index < -0.39 is 0 Å². The SMILES string of the molecule is CN(Cc1ccccc1NC(=O)c1ccc2c(=O)n3c(nc2c1)CCCCC3)C1CCCCC1.Cl. The normalized spacial score (nSPS) is 16.4. The lowest BCUT2D eigenvalue weighted by Crippen LogP contribution is -2.33. The fourth-order valence-corrected chi connectivity index (χ4v) is 5.45. The lowest BCUT2D eigenvalue weighted by atomic mass is 9.94. The quantitative estimate of drug-likeness (QED) is 0.504. The Morgan fingerprint density at radius 2 is 1.83 bits per heavy atom. The molecular weight excluding hydrogens is 460 g/mol. The molecule has 0 atom stereocenters. The van der Waals surface area contributed by atoms with Crippen LogP contribution >= 0.6 is 12.4 Å². The Balaban J connectivity index is 0.00000289. The van der Waals surface area contributed by atoms with Crippen molar-refractivity contribution in [3.8, 4) is 0 Å². The maximum absolute atomic E-state index is 13.2. The van der Waals surface area contributed by atoms with Gasteiger partial charge in [0.15, 0.2) is 0 Å². The lowest BCUT2D eigenvalue weighted by Gasteiger charge is -2.31. The van der Waals surface area contributed by atoms with E-state index in [1.165, 1.54) is 32.1 Å². The monoisotopic (exact) mass is 494 g/mol. The van der Waals surface area contributed by atoms with E-state index in [0.717, 1.165) is 55.8 Å².